The topological polar surface area (TPSA) is 94.8 Å². The number of hydrogen-bond acceptors (Lipinski definition) is 6. The molecule has 3 aromatic heterocycles. The van der Waals surface area contributed by atoms with Crippen LogP contribution < -0.4 is 10.1 Å². The maximum Gasteiger partial charge on any atom is 0.263 e. The van der Waals surface area contributed by atoms with E-state index in [0.717, 1.165) is 17.1 Å². The smallest absolute Gasteiger partial charge is 0.263 e. The summed E-state index contributed by atoms with van der Waals surface area (Å²) in [7, 11) is 0. The summed E-state index contributed by atoms with van der Waals surface area (Å²) in [5.41, 5.74) is 2.35. The summed E-state index contributed by atoms with van der Waals surface area (Å²) in [4.78, 5) is 24.9. The SMILES string of the molecule is Cc1cc(C)nc(-n2nc(C)cc2NC(=O)COc2cccnc2Cl)n1. The second-order valence-electron chi connectivity index (χ2n) is 5.66. The van der Waals surface area contributed by atoms with Crippen LogP contribution >= 0.6 is 11.6 Å². The number of anilines is 1. The lowest BCUT2D eigenvalue weighted by Crippen LogP contribution is -2.22. The van der Waals surface area contributed by atoms with Gasteiger partial charge in [0.2, 0.25) is 0 Å². The summed E-state index contributed by atoms with van der Waals surface area (Å²) in [6.45, 7) is 5.35. The summed E-state index contributed by atoms with van der Waals surface area (Å²) in [5.74, 6) is 0.822. The molecule has 0 unspecified atom stereocenters. The quantitative estimate of drug-likeness (QED) is 0.692. The fraction of sp³-hybridized carbons (Fsp3) is 0.235. The second kappa shape index (κ2) is 7.49. The number of halogens is 1. The van der Waals surface area contributed by atoms with Crippen molar-refractivity contribution in [3.05, 3.63) is 52.7 Å². The van der Waals surface area contributed by atoms with E-state index in [1.165, 1.54) is 4.68 Å². The van der Waals surface area contributed by atoms with Crippen molar-refractivity contribution in [1.82, 2.24) is 24.7 Å². The van der Waals surface area contributed by atoms with Crippen molar-refractivity contribution in [1.29, 1.82) is 0 Å². The largest absolute Gasteiger partial charge is 0.481 e. The summed E-state index contributed by atoms with van der Waals surface area (Å²) >= 11 is 5.91. The number of carbonyl (C=O) groups excluding carboxylic acids is 1. The molecular formula is C17H17ClN6O2. The number of pyridine rings is 1. The number of hydrogen-bond donors (Lipinski definition) is 1. The van der Waals surface area contributed by atoms with Crippen LogP contribution in [0, 0.1) is 20.8 Å². The van der Waals surface area contributed by atoms with Crippen molar-refractivity contribution in [2.24, 2.45) is 0 Å². The third kappa shape index (κ3) is 4.15. The van der Waals surface area contributed by atoms with Crippen molar-refractivity contribution in [2.45, 2.75) is 20.8 Å². The van der Waals surface area contributed by atoms with Gasteiger partial charge in [-0.25, -0.2) is 15.0 Å². The Bertz CT molecular complexity index is 936. The molecule has 0 aliphatic carbocycles. The molecule has 3 aromatic rings. The van der Waals surface area contributed by atoms with Gasteiger partial charge in [-0.05, 0) is 39.0 Å². The molecule has 9 heteroatoms. The van der Waals surface area contributed by atoms with Gasteiger partial charge in [-0.1, -0.05) is 11.6 Å². The molecule has 134 valence electrons. The number of nitrogens with one attached hydrogen (secondary N) is 1. The van der Waals surface area contributed by atoms with E-state index in [2.05, 4.69) is 25.4 Å². The molecule has 1 N–H and O–H groups in total. The lowest BCUT2D eigenvalue weighted by molar-refractivity contribution is -0.118. The third-order valence-corrected chi connectivity index (χ3v) is 3.63. The van der Waals surface area contributed by atoms with Crippen LogP contribution in [0.3, 0.4) is 0 Å². The van der Waals surface area contributed by atoms with Crippen molar-refractivity contribution in [2.75, 3.05) is 11.9 Å². The van der Waals surface area contributed by atoms with Gasteiger partial charge >= 0.3 is 0 Å². The first-order valence-corrected chi connectivity index (χ1v) is 8.22. The Morgan fingerprint density at radius 3 is 2.62 bits per heavy atom. The van der Waals surface area contributed by atoms with Crippen LogP contribution in [0.5, 0.6) is 5.75 Å². The van der Waals surface area contributed by atoms with Crippen molar-refractivity contribution in [3.8, 4) is 11.7 Å². The fourth-order valence-electron chi connectivity index (χ4n) is 2.34. The second-order valence-corrected chi connectivity index (χ2v) is 6.02. The first-order chi connectivity index (χ1) is 12.4. The Balaban J connectivity index is 1.76. The van der Waals surface area contributed by atoms with E-state index >= 15 is 0 Å². The average Bonchev–Trinajstić information content (AvgIpc) is 2.93. The number of rotatable bonds is 5. The number of carbonyl (C=O) groups is 1. The molecule has 0 aliphatic rings. The Labute approximate surface area is 155 Å². The van der Waals surface area contributed by atoms with E-state index in [-0.39, 0.29) is 17.7 Å². The molecule has 0 saturated heterocycles. The van der Waals surface area contributed by atoms with Gasteiger partial charge in [-0.2, -0.15) is 9.78 Å². The van der Waals surface area contributed by atoms with E-state index in [0.29, 0.717) is 17.5 Å². The zero-order valence-electron chi connectivity index (χ0n) is 14.5. The van der Waals surface area contributed by atoms with E-state index in [9.17, 15) is 4.79 Å². The molecule has 8 nitrogen and oxygen atoms in total. The van der Waals surface area contributed by atoms with Crippen molar-refractivity contribution < 1.29 is 9.53 Å². The van der Waals surface area contributed by atoms with E-state index in [1.54, 1.807) is 24.4 Å². The zero-order chi connectivity index (χ0) is 18.7. The molecule has 3 heterocycles. The molecule has 0 radical (unpaired) electrons. The van der Waals surface area contributed by atoms with Crippen LogP contribution in [0.4, 0.5) is 5.82 Å². The standard InChI is InChI=1S/C17H17ClN6O2/c1-10-7-11(2)21-17(20-10)24-14(8-12(3)23-24)22-15(25)9-26-13-5-4-6-19-16(13)18/h4-8H,9H2,1-3H3,(H,22,25). The van der Waals surface area contributed by atoms with Gasteiger partial charge in [0.05, 0.1) is 5.69 Å². The zero-order valence-corrected chi connectivity index (χ0v) is 15.3. The predicted octanol–water partition coefficient (Wildman–Crippen LogP) is 2.65. The number of ether oxygens (including phenoxy) is 1. The molecular weight excluding hydrogens is 356 g/mol. The summed E-state index contributed by atoms with van der Waals surface area (Å²) < 4.78 is 6.88. The van der Waals surface area contributed by atoms with E-state index < -0.39 is 0 Å². The molecule has 0 aromatic carbocycles. The number of amides is 1. The van der Waals surface area contributed by atoms with Crippen molar-refractivity contribution in [3.63, 3.8) is 0 Å². The highest BCUT2D eigenvalue weighted by Gasteiger charge is 2.14. The van der Waals surface area contributed by atoms with Crippen LogP contribution in [0.2, 0.25) is 5.15 Å². The minimum absolute atomic E-state index is 0.199. The first kappa shape index (κ1) is 17.8. The normalized spacial score (nSPS) is 10.6. The Morgan fingerprint density at radius 2 is 1.92 bits per heavy atom. The molecule has 0 aliphatic heterocycles. The summed E-state index contributed by atoms with van der Waals surface area (Å²) in [5, 5.41) is 7.30. The van der Waals surface area contributed by atoms with Gasteiger partial charge in [-0.15, -0.1) is 0 Å². The van der Waals surface area contributed by atoms with Crippen LogP contribution in [0.1, 0.15) is 17.1 Å². The first-order valence-electron chi connectivity index (χ1n) is 7.85. The average molecular weight is 373 g/mol. The van der Waals surface area contributed by atoms with Crippen LogP contribution in [-0.2, 0) is 4.79 Å². The molecule has 0 saturated carbocycles. The predicted molar refractivity (Wildman–Crippen MR) is 96.7 cm³/mol. The fourth-order valence-corrected chi connectivity index (χ4v) is 2.52. The highest BCUT2D eigenvalue weighted by atomic mass is 35.5. The van der Waals surface area contributed by atoms with Crippen LogP contribution in [0.25, 0.3) is 5.95 Å². The lowest BCUT2D eigenvalue weighted by atomic mass is 10.4. The minimum Gasteiger partial charge on any atom is -0.481 e. The van der Waals surface area contributed by atoms with Gasteiger partial charge < -0.3 is 10.1 Å². The number of nitrogens with zero attached hydrogens (tertiary/aromatic N) is 5. The third-order valence-electron chi connectivity index (χ3n) is 3.34. The van der Waals surface area contributed by atoms with Gasteiger partial charge in [0, 0.05) is 23.7 Å². The van der Waals surface area contributed by atoms with E-state index in [1.807, 2.05) is 26.8 Å². The summed E-state index contributed by atoms with van der Waals surface area (Å²) in [6, 6.07) is 6.91. The minimum atomic E-state index is -0.365. The Hall–Kier alpha value is -3.00. The lowest BCUT2D eigenvalue weighted by Gasteiger charge is -2.10. The van der Waals surface area contributed by atoms with E-state index in [4.69, 9.17) is 16.3 Å². The van der Waals surface area contributed by atoms with Crippen molar-refractivity contribution >= 4 is 23.3 Å². The molecule has 0 atom stereocenters. The highest BCUT2D eigenvalue weighted by molar-refractivity contribution is 6.30. The van der Waals surface area contributed by atoms with Crippen LogP contribution in [0.15, 0.2) is 30.5 Å². The maximum atomic E-state index is 12.2. The Morgan fingerprint density at radius 1 is 1.19 bits per heavy atom. The molecule has 0 spiro atoms. The van der Waals surface area contributed by atoms with Gasteiger partial charge in [-0.3, -0.25) is 4.79 Å². The molecule has 0 fully saturated rings. The number of aryl methyl sites for hydroxylation is 3. The molecule has 0 bridgehead atoms. The Kier molecular flexibility index (Phi) is 5.13. The van der Waals surface area contributed by atoms with Crippen LogP contribution in [-0.4, -0.2) is 37.2 Å². The molecule has 1 amide bonds. The number of aromatic nitrogens is 5. The monoisotopic (exact) mass is 372 g/mol. The van der Waals surface area contributed by atoms with Gasteiger partial charge in [0.15, 0.2) is 17.5 Å². The van der Waals surface area contributed by atoms with Gasteiger partial charge in [0.1, 0.15) is 5.82 Å². The highest BCUT2D eigenvalue weighted by Crippen LogP contribution is 2.20. The van der Waals surface area contributed by atoms with Gasteiger partial charge in [0.25, 0.3) is 11.9 Å². The summed E-state index contributed by atoms with van der Waals surface area (Å²) in [6.07, 6.45) is 1.54. The molecule has 3 rings (SSSR count). The maximum absolute atomic E-state index is 12.2. The molecule has 26 heavy (non-hydrogen) atoms.